The van der Waals surface area contributed by atoms with Crippen LogP contribution in [0.15, 0.2) is 18.3 Å². The van der Waals surface area contributed by atoms with Crippen LogP contribution in [0, 0.1) is 34.5 Å². The minimum Gasteiger partial charge on any atom is -0.335 e. The van der Waals surface area contributed by atoms with Gasteiger partial charge in [-0.2, -0.15) is 5.26 Å². The normalized spacial score (nSPS) is 26.3. The maximum Gasteiger partial charge on any atom is 0.228 e. The Hall–Kier alpha value is -2.36. The van der Waals surface area contributed by atoms with Gasteiger partial charge in [0.1, 0.15) is 17.6 Å². The van der Waals surface area contributed by atoms with E-state index in [0.29, 0.717) is 28.4 Å². The molecule has 0 aromatic carbocycles. The van der Waals surface area contributed by atoms with Crippen LogP contribution in [-0.4, -0.2) is 28.5 Å². The Morgan fingerprint density at radius 1 is 1.30 bits per heavy atom. The SMILES string of the molecule is CC1(C)Cc2c(-c3cc(NC(=O)C4C[C@H]5CNC[C@H]5C4)ncc3Cl)cc(C#N)n2C1. The molecular weight excluding hydrogens is 398 g/mol. The van der Waals surface area contributed by atoms with Crippen molar-refractivity contribution in [3.63, 3.8) is 0 Å². The molecule has 2 aromatic heterocycles. The van der Waals surface area contributed by atoms with Crippen molar-refractivity contribution in [3.8, 4) is 17.2 Å². The van der Waals surface area contributed by atoms with Crippen LogP contribution in [-0.2, 0) is 17.8 Å². The zero-order valence-electron chi connectivity index (χ0n) is 17.3. The van der Waals surface area contributed by atoms with Gasteiger partial charge in [0.05, 0.1) is 5.02 Å². The van der Waals surface area contributed by atoms with Crippen molar-refractivity contribution in [1.82, 2.24) is 14.9 Å². The molecule has 4 heterocycles. The molecule has 2 N–H and O–H groups in total. The highest BCUT2D eigenvalue weighted by molar-refractivity contribution is 6.33. The standard InChI is InChI=1S/C23H26ClN5O/c1-23(2)7-20-18(5-16(8-25)29(20)12-23)17-6-21(27-11-19(17)24)28-22(30)13-3-14-9-26-10-15(14)4-13/h5-6,11,13-15,26H,3-4,7,9-10,12H2,1-2H3,(H,27,28,30)/t13?,14-,15+. The molecule has 2 aliphatic heterocycles. The van der Waals surface area contributed by atoms with E-state index in [9.17, 15) is 10.1 Å². The second-order valence-electron chi connectivity index (χ2n) is 9.81. The molecule has 1 unspecified atom stereocenters. The van der Waals surface area contributed by atoms with E-state index >= 15 is 0 Å². The van der Waals surface area contributed by atoms with Crippen molar-refractivity contribution in [2.75, 3.05) is 18.4 Å². The van der Waals surface area contributed by atoms with Crippen LogP contribution >= 0.6 is 11.6 Å². The molecule has 0 radical (unpaired) electrons. The number of amides is 1. The van der Waals surface area contributed by atoms with Gasteiger partial charge in [-0.05, 0) is 61.7 Å². The van der Waals surface area contributed by atoms with Gasteiger partial charge >= 0.3 is 0 Å². The quantitative estimate of drug-likeness (QED) is 0.785. The second kappa shape index (κ2) is 7.11. The maximum atomic E-state index is 12.8. The van der Waals surface area contributed by atoms with Crippen LogP contribution < -0.4 is 10.6 Å². The number of hydrogen-bond acceptors (Lipinski definition) is 4. The Morgan fingerprint density at radius 3 is 2.73 bits per heavy atom. The lowest BCUT2D eigenvalue weighted by atomic mass is 9.89. The zero-order valence-corrected chi connectivity index (χ0v) is 18.1. The van der Waals surface area contributed by atoms with Gasteiger partial charge in [-0.15, -0.1) is 0 Å². The molecule has 1 aliphatic carbocycles. The molecule has 156 valence electrons. The minimum atomic E-state index is 0.0473. The van der Waals surface area contributed by atoms with Gasteiger partial charge in [-0.1, -0.05) is 25.4 Å². The average molecular weight is 424 g/mol. The second-order valence-corrected chi connectivity index (χ2v) is 10.2. The maximum absolute atomic E-state index is 12.8. The number of rotatable bonds is 3. The van der Waals surface area contributed by atoms with Gasteiger partial charge < -0.3 is 15.2 Å². The summed E-state index contributed by atoms with van der Waals surface area (Å²) < 4.78 is 2.09. The zero-order chi connectivity index (χ0) is 21.0. The number of pyridine rings is 1. The van der Waals surface area contributed by atoms with E-state index in [2.05, 4.69) is 40.1 Å². The van der Waals surface area contributed by atoms with Gasteiger partial charge in [-0.3, -0.25) is 4.79 Å². The molecule has 30 heavy (non-hydrogen) atoms. The Kier molecular flexibility index (Phi) is 4.64. The van der Waals surface area contributed by atoms with Crippen LogP contribution in [0.25, 0.3) is 11.1 Å². The number of hydrogen-bond donors (Lipinski definition) is 2. The van der Waals surface area contributed by atoms with E-state index in [-0.39, 0.29) is 17.2 Å². The van der Waals surface area contributed by atoms with Crippen LogP contribution in [0.4, 0.5) is 5.82 Å². The lowest BCUT2D eigenvalue weighted by Crippen LogP contribution is -2.23. The lowest BCUT2D eigenvalue weighted by Gasteiger charge is -2.16. The highest BCUT2D eigenvalue weighted by atomic mass is 35.5. The van der Waals surface area contributed by atoms with Crippen LogP contribution in [0.1, 0.15) is 38.1 Å². The van der Waals surface area contributed by atoms with Crippen molar-refractivity contribution >= 4 is 23.3 Å². The van der Waals surface area contributed by atoms with Gasteiger partial charge in [0.15, 0.2) is 0 Å². The minimum absolute atomic E-state index is 0.0473. The number of aromatic nitrogens is 2. The third-order valence-electron chi connectivity index (χ3n) is 6.98. The van der Waals surface area contributed by atoms with E-state index < -0.39 is 0 Å². The predicted octanol–water partition coefficient (Wildman–Crippen LogP) is 3.84. The molecule has 1 amide bonds. The number of nitrogens with zero attached hydrogens (tertiary/aromatic N) is 3. The third kappa shape index (κ3) is 3.30. The Labute approximate surface area is 181 Å². The van der Waals surface area contributed by atoms with Crippen LogP contribution in [0.5, 0.6) is 0 Å². The summed E-state index contributed by atoms with van der Waals surface area (Å²) in [6.45, 7) is 7.27. The average Bonchev–Trinajstić information content (AvgIpc) is 3.42. The fraction of sp³-hybridized carbons (Fsp3) is 0.522. The first-order chi connectivity index (χ1) is 14.3. The third-order valence-corrected chi connectivity index (χ3v) is 7.28. The molecule has 3 atom stereocenters. The molecular formula is C23H26ClN5O. The fourth-order valence-electron chi connectivity index (χ4n) is 5.55. The molecule has 0 bridgehead atoms. The lowest BCUT2D eigenvalue weighted by molar-refractivity contribution is -0.119. The predicted molar refractivity (Wildman–Crippen MR) is 116 cm³/mol. The summed E-state index contributed by atoms with van der Waals surface area (Å²) in [5, 5.41) is 16.5. The van der Waals surface area contributed by atoms with Crippen LogP contribution in [0.2, 0.25) is 5.02 Å². The molecule has 2 fully saturated rings. The molecule has 0 spiro atoms. The van der Waals surface area contributed by atoms with Gasteiger partial charge in [-0.25, -0.2) is 4.98 Å². The molecule has 1 saturated heterocycles. The molecule has 6 nitrogen and oxygen atoms in total. The molecule has 2 aromatic rings. The Morgan fingerprint density at radius 2 is 2.03 bits per heavy atom. The smallest absolute Gasteiger partial charge is 0.228 e. The number of anilines is 1. The first kappa shape index (κ1) is 19.6. The molecule has 3 aliphatic rings. The fourth-order valence-corrected chi connectivity index (χ4v) is 5.75. The van der Waals surface area contributed by atoms with Crippen molar-refractivity contribution in [3.05, 3.63) is 34.7 Å². The summed E-state index contributed by atoms with van der Waals surface area (Å²) in [5.41, 5.74) is 3.65. The van der Waals surface area contributed by atoms with E-state index in [1.807, 2.05) is 12.1 Å². The Bertz CT molecular complexity index is 1050. The molecule has 5 rings (SSSR count). The summed E-state index contributed by atoms with van der Waals surface area (Å²) in [7, 11) is 0. The number of fused-ring (bicyclic) bond motifs is 2. The van der Waals surface area contributed by atoms with Crippen molar-refractivity contribution in [2.24, 2.45) is 23.2 Å². The van der Waals surface area contributed by atoms with Crippen molar-refractivity contribution in [2.45, 2.75) is 39.7 Å². The van der Waals surface area contributed by atoms with E-state index in [0.717, 1.165) is 55.7 Å². The first-order valence-corrected chi connectivity index (χ1v) is 11.0. The summed E-state index contributed by atoms with van der Waals surface area (Å²) >= 11 is 6.51. The number of carbonyl (C=O) groups is 1. The van der Waals surface area contributed by atoms with Crippen molar-refractivity contribution < 1.29 is 4.79 Å². The van der Waals surface area contributed by atoms with Gasteiger partial charge in [0.2, 0.25) is 5.91 Å². The summed E-state index contributed by atoms with van der Waals surface area (Å²) in [6.07, 6.45) is 4.36. The first-order valence-electron chi connectivity index (χ1n) is 10.6. The highest BCUT2D eigenvalue weighted by Crippen LogP contribution is 2.42. The monoisotopic (exact) mass is 423 g/mol. The number of halogens is 1. The number of nitrogens with one attached hydrogen (secondary N) is 2. The van der Waals surface area contributed by atoms with Crippen LogP contribution in [0.3, 0.4) is 0 Å². The highest BCUT2D eigenvalue weighted by Gasteiger charge is 2.40. The summed E-state index contributed by atoms with van der Waals surface area (Å²) in [5.74, 6) is 1.85. The molecule has 1 saturated carbocycles. The number of nitriles is 1. The topological polar surface area (TPSA) is 82.7 Å². The van der Waals surface area contributed by atoms with Gasteiger partial charge in [0, 0.05) is 35.5 Å². The van der Waals surface area contributed by atoms with Gasteiger partial charge in [0.25, 0.3) is 0 Å². The summed E-state index contributed by atoms with van der Waals surface area (Å²) in [6, 6.07) is 6.06. The van der Waals surface area contributed by atoms with E-state index in [4.69, 9.17) is 11.6 Å². The number of carbonyl (C=O) groups excluding carboxylic acids is 1. The van der Waals surface area contributed by atoms with E-state index in [1.165, 1.54) is 0 Å². The summed E-state index contributed by atoms with van der Waals surface area (Å²) in [4.78, 5) is 17.2. The molecule has 7 heteroatoms. The van der Waals surface area contributed by atoms with E-state index in [1.54, 1.807) is 6.20 Å². The Balaban J connectivity index is 1.42. The largest absolute Gasteiger partial charge is 0.335 e. The van der Waals surface area contributed by atoms with Crippen molar-refractivity contribution in [1.29, 1.82) is 5.26 Å².